The quantitative estimate of drug-likeness (QED) is 0.564. The summed E-state index contributed by atoms with van der Waals surface area (Å²) in [5.74, 6) is 0.690. The molecule has 2 N–H and O–H groups in total. The molecule has 0 saturated heterocycles. The van der Waals surface area contributed by atoms with Crippen molar-refractivity contribution in [2.45, 2.75) is 6.04 Å². The number of rotatable bonds is 0. The number of hydrogen-bond acceptors (Lipinski definition) is 3. The van der Waals surface area contributed by atoms with Crippen molar-refractivity contribution in [2.24, 2.45) is 5.73 Å². The highest BCUT2D eigenvalue weighted by atomic mass is 16.5. The first-order valence-corrected chi connectivity index (χ1v) is 3.21. The average Bonchev–Trinajstić information content (AvgIpc) is 2.34. The molecule has 0 aliphatic carbocycles. The molecule has 0 amide bonds. The zero-order chi connectivity index (χ0) is 6.97. The van der Waals surface area contributed by atoms with E-state index in [0.29, 0.717) is 12.5 Å². The molecule has 0 bridgehead atoms. The van der Waals surface area contributed by atoms with Crippen molar-refractivity contribution in [1.82, 2.24) is 4.98 Å². The minimum Gasteiger partial charge on any atom is -0.475 e. The van der Waals surface area contributed by atoms with Gasteiger partial charge in [0.1, 0.15) is 6.61 Å². The predicted octanol–water partition coefficient (Wildman–Crippen LogP) is 0.474. The van der Waals surface area contributed by atoms with Crippen molar-refractivity contribution in [3.63, 3.8) is 0 Å². The fourth-order valence-corrected chi connectivity index (χ4v) is 1.06. The SMILES string of the molecule is N[C@@H]1COc2ncccc21. The van der Waals surface area contributed by atoms with Crippen LogP contribution in [0.15, 0.2) is 18.3 Å². The van der Waals surface area contributed by atoms with Gasteiger partial charge in [0, 0.05) is 11.8 Å². The summed E-state index contributed by atoms with van der Waals surface area (Å²) in [6, 6.07) is 3.83. The maximum Gasteiger partial charge on any atom is 0.218 e. The van der Waals surface area contributed by atoms with E-state index in [1.54, 1.807) is 6.20 Å². The Hall–Kier alpha value is -1.09. The van der Waals surface area contributed by atoms with Gasteiger partial charge in [-0.2, -0.15) is 0 Å². The van der Waals surface area contributed by atoms with Gasteiger partial charge in [-0.25, -0.2) is 4.98 Å². The molecule has 1 aromatic heterocycles. The van der Waals surface area contributed by atoms with E-state index >= 15 is 0 Å². The monoisotopic (exact) mass is 136 g/mol. The van der Waals surface area contributed by atoms with Crippen molar-refractivity contribution < 1.29 is 4.74 Å². The van der Waals surface area contributed by atoms with Crippen molar-refractivity contribution in [2.75, 3.05) is 6.61 Å². The summed E-state index contributed by atoms with van der Waals surface area (Å²) in [5, 5.41) is 0. The van der Waals surface area contributed by atoms with Crippen molar-refractivity contribution in [1.29, 1.82) is 0 Å². The molecule has 0 unspecified atom stereocenters. The highest BCUT2D eigenvalue weighted by Crippen LogP contribution is 2.26. The Morgan fingerprint density at radius 1 is 1.70 bits per heavy atom. The average molecular weight is 136 g/mol. The smallest absolute Gasteiger partial charge is 0.218 e. The fourth-order valence-electron chi connectivity index (χ4n) is 1.06. The first kappa shape index (κ1) is 5.68. The van der Waals surface area contributed by atoms with Gasteiger partial charge in [0.2, 0.25) is 5.88 Å². The lowest BCUT2D eigenvalue weighted by atomic mass is 10.2. The number of nitrogens with two attached hydrogens (primary N) is 1. The molecule has 0 fully saturated rings. The lowest BCUT2D eigenvalue weighted by Crippen LogP contribution is -2.10. The van der Waals surface area contributed by atoms with Crippen LogP contribution in [0.3, 0.4) is 0 Å². The first-order chi connectivity index (χ1) is 4.88. The van der Waals surface area contributed by atoms with Crippen molar-refractivity contribution >= 4 is 0 Å². The Balaban J connectivity index is 2.51. The molecule has 2 rings (SSSR count). The molecule has 10 heavy (non-hydrogen) atoms. The largest absolute Gasteiger partial charge is 0.475 e. The number of ether oxygens (including phenoxy) is 1. The third-order valence-corrected chi connectivity index (χ3v) is 1.60. The molecule has 3 heteroatoms. The van der Waals surface area contributed by atoms with E-state index < -0.39 is 0 Å². The lowest BCUT2D eigenvalue weighted by molar-refractivity contribution is 0.323. The van der Waals surface area contributed by atoms with E-state index in [2.05, 4.69) is 4.98 Å². The maximum absolute atomic E-state index is 5.68. The molecular weight excluding hydrogens is 128 g/mol. The molecule has 0 aromatic carbocycles. The Morgan fingerprint density at radius 2 is 2.60 bits per heavy atom. The molecule has 1 aromatic rings. The van der Waals surface area contributed by atoms with Gasteiger partial charge in [-0.3, -0.25) is 0 Å². The third-order valence-electron chi connectivity index (χ3n) is 1.60. The summed E-state index contributed by atoms with van der Waals surface area (Å²) in [6.07, 6.45) is 1.71. The highest BCUT2D eigenvalue weighted by Gasteiger charge is 2.20. The van der Waals surface area contributed by atoms with Crippen molar-refractivity contribution in [3.8, 4) is 5.88 Å². The van der Waals surface area contributed by atoms with Gasteiger partial charge in [0.15, 0.2) is 0 Å². The van der Waals surface area contributed by atoms with Crippen molar-refractivity contribution in [3.05, 3.63) is 23.9 Å². The number of aromatic nitrogens is 1. The second kappa shape index (κ2) is 1.95. The fraction of sp³-hybridized carbons (Fsp3) is 0.286. The van der Waals surface area contributed by atoms with Crippen LogP contribution in [0.5, 0.6) is 5.88 Å². The second-order valence-electron chi connectivity index (χ2n) is 2.32. The zero-order valence-corrected chi connectivity index (χ0v) is 5.45. The molecule has 0 radical (unpaired) electrons. The molecule has 0 saturated carbocycles. The summed E-state index contributed by atoms with van der Waals surface area (Å²) < 4.78 is 5.17. The maximum atomic E-state index is 5.68. The van der Waals surface area contributed by atoms with Gasteiger partial charge in [0.25, 0.3) is 0 Å². The number of nitrogens with zero attached hydrogens (tertiary/aromatic N) is 1. The normalized spacial score (nSPS) is 21.9. The summed E-state index contributed by atoms with van der Waals surface area (Å²) in [6.45, 7) is 0.562. The van der Waals surface area contributed by atoms with Gasteiger partial charge in [-0.1, -0.05) is 6.07 Å². The topological polar surface area (TPSA) is 48.1 Å². The first-order valence-electron chi connectivity index (χ1n) is 3.21. The molecule has 0 spiro atoms. The van der Waals surface area contributed by atoms with Gasteiger partial charge in [0.05, 0.1) is 6.04 Å². The molecule has 52 valence electrons. The third kappa shape index (κ3) is 0.675. The van der Waals surface area contributed by atoms with E-state index in [0.717, 1.165) is 5.56 Å². The van der Waals surface area contributed by atoms with Crippen LogP contribution in [0.25, 0.3) is 0 Å². The molecule has 1 aliphatic rings. The molecule has 1 aliphatic heterocycles. The highest BCUT2D eigenvalue weighted by molar-refractivity contribution is 5.32. The number of fused-ring (bicyclic) bond motifs is 1. The minimum atomic E-state index is 0.0173. The lowest BCUT2D eigenvalue weighted by Gasteiger charge is -1.96. The van der Waals surface area contributed by atoms with Crippen LogP contribution in [0.4, 0.5) is 0 Å². The Bertz CT molecular complexity index is 249. The molecule has 2 heterocycles. The Labute approximate surface area is 58.8 Å². The van der Waals surface area contributed by atoms with E-state index in [1.165, 1.54) is 0 Å². The van der Waals surface area contributed by atoms with Gasteiger partial charge in [-0.15, -0.1) is 0 Å². The number of hydrogen-bond donors (Lipinski definition) is 1. The van der Waals surface area contributed by atoms with Crippen LogP contribution in [0, 0.1) is 0 Å². The molecule has 1 atom stereocenters. The summed E-state index contributed by atoms with van der Waals surface area (Å²) >= 11 is 0. The van der Waals surface area contributed by atoms with Crippen LogP contribution in [0.1, 0.15) is 11.6 Å². The van der Waals surface area contributed by atoms with Gasteiger partial charge in [-0.05, 0) is 6.07 Å². The predicted molar refractivity (Wildman–Crippen MR) is 36.7 cm³/mol. The van der Waals surface area contributed by atoms with Crippen LogP contribution in [-0.4, -0.2) is 11.6 Å². The van der Waals surface area contributed by atoms with Gasteiger partial charge >= 0.3 is 0 Å². The zero-order valence-electron chi connectivity index (χ0n) is 5.45. The van der Waals surface area contributed by atoms with E-state index in [1.807, 2.05) is 12.1 Å². The summed E-state index contributed by atoms with van der Waals surface area (Å²) in [7, 11) is 0. The van der Waals surface area contributed by atoms with Crippen LogP contribution in [0.2, 0.25) is 0 Å². The minimum absolute atomic E-state index is 0.0173. The van der Waals surface area contributed by atoms with E-state index in [9.17, 15) is 0 Å². The second-order valence-corrected chi connectivity index (χ2v) is 2.32. The Kier molecular flexibility index (Phi) is 1.11. The van der Waals surface area contributed by atoms with E-state index in [4.69, 9.17) is 10.5 Å². The van der Waals surface area contributed by atoms with Crippen LogP contribution >= 0.6 is 0 Å². The molecular formula is C7H8N2O. The van der Waals surface area contributed by atoms with Crippen LogP contribution in [-0.2, 0) is 0 Å². The van der Waals surface area contributed by atoms with E-state index in [-0.39, 0.29) is 6.04 Å². The summed E-state index contributed by atoms with van der Waals surface area (Å²) in [5.41, 5.74) is 6.70. The van der Waals surface area contributed by atoms with Crippen LogP contribution < -0.4 is 10.5 Å². The standard InChI is InChI=1S/C7H8N2O/c8-6-4-10-7-5(6)2-1-3-9-7/h1-3,6H,4,8H2/t6-/m1/s1. The van der Waals surface area contributed by atoms with Gasteiger partial charge < -0.3 is 10.5 Å². The summed E-state index contributed by atoms with van der Waals surface area (Å²) in [4.78, 5) is 4.01. The Morgan fingerprint density at radius 3 is 3.40 bits per heavy atom. The molecule has 3 nitrogen and oxygen atoms in total. The number of pyridine rings is 1.